The average molecular weight is 416 g/mol. The Morgan fingerprint density at radius 2 is 2.04 bits per heavy atom. The van der Waals surface area contributed by atoms with Crippen LogP contribution in [0.15, 0.2) is 42.5 Å². The van der Waals surface area contributed by atoms with E-state index in [1.54, 1.807) is 12.1 Å². The van der Waals surface area contributed by atoms with E-state index >= 15 is 0 Å². The summed E-state index contributed by atoms with van der Waals surface area (Å²) in [5, 5.41) is 12.2. The van der Waals surface area contributed by atoms with Crippen molar-refractivity contribution in [3.63, 3.8) is 0 Å². The first kappa shape index (κ1) is 18.0. The third kappa shape index (κ3) is 3.08. The van der Waals surface area contributed by atoms with Crippen molar-refractivity contribution >= 4 is 23.2 Å². The number of hydrogen-bond donors (Lipinski definition) is 2. The van der Waals surface area contributed by atoms with Crippen LogP contribution in [0.4, 0.5) is 0 Å². The van der Waals surface area contributed by atoms with Gasteiger partial charge in [-0.25, -0.2) is 4.98 Å². The van der Waals surface area contributed by atoms with Gasteiger partial charge in [-0.3, -0.25) is 4.90 Å². The third-order valence-electron chi connectivity index (χ3n) is 5.52. The van der Waals surface area contributed by atoms with E-state index in [0.29, 0.717) is 28.9 Å². The third-order valence-corrected chi connectivity index (χ3v) is 6.09. The maximum absolute atomic E-state index is 10.9. The van der Waals surface area contributed by atoms with Crippen LogP contribution in [0.5, 0.6) is 5.75 Å². The molecule has 0 saturated carbocycles. The summed E-state index contributed by atoms with van der Waals surface area (Å²) >= 11 is 12.4. The Morgan fingerprint density at radius 3 is 2.89 bits per heavy atom. The number of hydrogen-bond acceptors (Lipinski definition) is 4. The number of halogens is 2. The van der Waals surface area contributed by atoms with Gasteiger partial charge in [-0.1, -0.05) is 35.3 Å². The second-order valence-corrected chi connectivity index (χ2v) is 8.06. The minimum Gasteiger partial charge on any atom is -0.491 e. The fraction of sp³-hybridized carbons (Fsp3) is 0.286. The number of aromatic nitrogens is 2. The monoisotopic (exact) mass is 415 g/mol. The van der Waals surface area contributed by atoms with E-state index in [-0.39, 0.29) is 6.04 Å². The number of ether oxygens (including phenoxy) is 1. The SMILES string of the molecule is O[C@H]1c2cc(Cl)ccc2OC[C@@H]1N1CCc2nc(-c3ccccc3Cl)[nH]c2C1. The average Bonchev–Trinajstić information content (AvgIpc) is 3.12. The van der Waals surface area contributed by atoms with Gasteiger partial charge in [0, 0.05) is 35.7 Å². The molecule has 2 atom stereocenters. The first-order valence-electron chi connectivity index (χ1n) is 9.27. The smallest absolute Gasteiger partial charge is 0.139 e. The lowest BCUT2D eigenvalue weighted by atomic mass is 9.96. The molecule has 0 spiro atoms. The molecular weight excluding hydrogens is 397 g/mol. The minimum atomic E-state index is -0.644. The topological polar surface area (TPSA) is 61.4 Å². The molecule has 2 N–H and O–H groups in total. The molecule has 5 nitrogen and oxygen atoms in total. The highest BCUT2D eigenvalue weighted by Gasteiger charge is 2.36. The lowest BCUT2D eigenvalue weighted by Crippen LogP contribution is -2.47. The number of imidazole rings is 1. The van der Waals surface area contributed by atoms with Gasteiger partial charge < -0.3 is 14.8 Å². The summed E-state index contributed by atoms with van der Waals surface area (Å²) < 4.78 is 5.89. The van der Waals surface area contributed by atoms with Gasteiger partial charge in [-0.05, 0) is 30.3 Å². The lowest BCUT2D eigenvalue weighted by molar-refractivity contribution is -0.00350. The van der Waals surface area contributed by atoms with Gasteiger partial charge in [0.2, 0.25) is 0 Å². The molecule has 2 aromatic carbocycles. The molecule has 1 aromatic heterocycles. The Labute approximate surface area is 172 Å². The Bertz CT molecular complexity index is 1040. The molecule has 0 bridgehead atoms. The summed E-state index contributed by atoms with van der Waals surface area (Å²) in [5.74, 6) is 1.49. The van der Waals surface area contributed by atoms with Crippen LogP contribution in [0.2, 0.25) is 10.0 Å². The maximum atomic E-state index is 10.9. The summed E-state index contributed by atoms with van der Waals surface area (Å²) in [6, 6.07) is 12.9. The van der Waals surface area contributed by atoms with Crippen LogP contribution in [0.25, 0.3) is 11.4 Å². The van der Waals surface area contributed by atoms with E-state index in [9.17, 15) is 5.11 Å². The molecule has 2 aliphatic rings. The zero-order valence-corrected chi connectivity index (χ0v) is 16.5. The van der Waals surface area contributed by atoms with Gasteiger partial charge in [0.05, 0.1) is 22.5 Å². The van der Waals surface area contributed by atoms with E-state index in [1.165, 1.54) is 0 Å². The van der Waals surface area contributed by atoms with Gasteiger partial charge in [0.1, 0.15) is 24.3 Å². The highest BCUT2D eigenvalue weighted by molar-refractivity contribution is 6.33. The number of fused-ring (bicyclic) bond motifs is 2. The number of rotatable bonds is 2. The molecule has 0 unspecified atom stereocenters. The maximum Gasteiger partial charge on any atom is 0.139 e. The van der Waals surface area contributed by atoms with Crippen LogP contribution >= 0.6 is 23.2 Å². The van der Waals surface area contributed by atoms with E-state index in [2.05, 4.69) is 9.88 Å². The van der Waals surface area contributed by atoms with Crippen LogP contribution in [-0.4, -0.2) is 39.2 Å². The summed E-state index contributed by atoms with van der Waals surface area (Å²) in [5.41, 5.74) is 3.76. The Morgan fingerprint density at radius 1 is 1.18 bits per heavy atom. The van der Waals surface area contributed by atoms with Crippen LogP contribution < -0.4 is 4.74 Å². The van der Waals surface area contributed by atoms with E-state index in [4.69, 9.17) is 32.9 Å². The number of nitrogens with zero attached hydrogens (tertiary/aromatic N) is 2. The van der Waals surface area contributed by atoms with Crippen molar-refractivity contribution in [1.29, 1.82) is 0 Å². The van der Waals surface area contributed by atoms with Crippen LogP contribution in [-0.2, 0) is 13.0 Å². The molecule has 5 rings (SSSR count). The molecule has 3 heterocycles. The van der Waals surface area contributed by atoms with Gasteiger partial charge in [-0.2, -0.15) is 0 Å². The normalized spacial score (nSPS) is 21.7. The predicted molar refractivity (Wildman–Crippen MR) is 109 cm³/mol. The highest BCUT2D eigenvalue weighted by atomic mass is 35.5. The molecule has 0 aliphatic carbocycles. The van der Waals surface area contributed by atoms with Gasteiger partial charge in [0.25, 0.3) is 0 Å². The molecule has 28 heavy (non-hydrogen) atoms. The van der Waals surface area contributed by atoms with Crippen molar-refractivity contribution in [1.82, 2.24) is 14.9 Å². The fourth-order valence-electron chi connectivity index (χ4n) is 4.04. The van der Waals surface area contributed by atoms with Gasteiger partial charge >= 0.3 is 0 Å². The van der Waals surface area contributed by atoms with Crippen molar-refractivity contribution in [2.45, 2.75) is 25.1 Å². The number of aliphatic hydroxyl groups excluding tert-OH is 1. The predicted octanol–water partition coefficient (Wildman–Crippen LogP) is 4.24. The molecule has 144 valence electrons. The standard InChI is InChI=1S/C21H19Cl2N3O2/c22-12-5-6-19-14(9-12)20(27)18(11-28-19)26-8-7-16-17(10-26)25-21(24-16)13-3-1-2-4-15(13)23/h1-6,9,18,20,27H,7-8,10-11H2,(H,24,25)/t18-,20-/m0/s1. The van der Waals surface area contributed by atoms with Gasteiger partial charge in [0.15, 0.2) is 0 Å². The molecule has 0 radical (unpaired) electrons. The number of nitrogens with one attached hydrogen (secondary N) is 1. The molecule has 7 heteroatoms. The quantitative estimate of drug-likeness (QED) is 0.656. The van der Waals surface area contributed by atoms with E-state index in [0.717, 1.165) is 41.3 Å². The van der Waals surface area contributed by atoms with Crippen molar-refractivity contribution in [3.05, 3.63) is 69.5 Å². The lowest BCUT2D eigenvalue weighted by Gasteiger charge is -2.39. The van der Waals surface area contributed by atoms with Crippen LogP contribution in [0.1, 0.15) is 23.1 Å². The Balaban J connectivity index is 1.40. The zero-order chi connectivity index (χ0) is 19.3. The Hall–Kier alpha value is -2.05. The molecular formula is C21H19Cl2N3O2. The second-order valence-electron chi connectivity index (χ2n) is 7.22. The van der Waals surface area contributed by atoms with Crippen molar-refractivity contribution in [2.75, 3.05) is 13.2 Å². The first-order chi connectivity index (χ1) is 13.6. The van der Waals surface area contributed by atoms with E-state index < -0.39 is 6.10 Å². The highest BCUT2D eigenvalue weighted by Crippen LogP contribution is 2.37. The van der Waals surface area contributed by atoms with Crippen LogP contribution in [0, 0.1) is 0 Å². The van der Waals surface area contributed by atoms with Crippen LogP contribution in [0.3, 0.4) is 0 Å². The summed E-state index contributed by atoms with van der Waals surface area (Å²) in [4.78, 5) is 10.4. The molecule has 0 fully saturated rings. The first-order valence-corrected chi connectivity index (χ1v) is 10.0. The number of H-pyrrole nitrogens is 1. The minimum absolute atomic E-state index is 0.133. The van der Waals surface area contributed by atoms with Crippen molar-refractivity contribution in [2.24, 2.45) is 0 Å². The largest absolute Gasteiger partial charge is 0.491 e. The number of benzene rings is 2. The van der Waals surface area contributed by atoms with Crippen molar-refractivity contribution in [3.8, 4) is 17.1 Å². The van der Waals surface area contributed by atoms with Gasteiger partial charge in [-0.15, -0.1) is 0 Å². The second kappa shape index (κ2) is 7.08. The molecule has 0 amide bonds. The Kier molecular flexibility index (Phi) is 4.56. The summed E-state index contributed by atoms with van der Waals surface area (Å²) in [7, 11) is 0. The molecule has 0 saturated heterocycles. The zero-order valence-electron chi connectivity index (χ0n) is 15.0. The molecule has 2 aliphatic heterocycles. The summed E-state index contributed by atoms with van der Waals surface area (Å²) in [6.07, 6.45) is 0.164. The van der Waals surface area contributed by atoms with Crippen molar-refractivity contribution < 1.29 is 9.84 Å². The number of aromatic amines is 1. The summed E-state index contributed by atoms with van der Waals surface area (Å²) in [6.45, 7) is 1.92. The number of aliphatic hydroxyl groups is 1. The fourth-order valence-corrected chi connectivity index (χ4v) is 4.44. The molecule has 3 aromatic rings. The van der Waals surface area contributed by atoms with E-state index in [1.807, 2.05) is 30.3 Å².